The lowest BCUT2D eigenvalue weighted by molar-refractivity contribution is 0.0248. The molecule has 7 nitrogen and oxygen atoms in total. The Hall–Kier alpha value is -3.19. The smallest absolute Gasteiger partial charge is 0.341 e. The van der Waals surface area contributed by atoms with E-state index >= 15 is 0 Å². The van der Waals surface area contributed by atoms with Crippen molar-refractivity contribution in [1.82, 2.24) is 25.0 Å². The summed E-state index contributed by atoms with van der Waals surface area (Å²) < 4.78 is 7.41. The number of carbonyl (C=O) groups is 1. The van der Waals surface area contributed by atoms with Crippen molar-refractivity contribution in [3.63, 3.8) is 0 Å². The molecule has 0 saturated heterocycles. The standard InChI is InChI=1S/C18H14ClN5O2/c19-14-6-4-12(5-7-14)16(9-24-11-20-10-22-24)26-18(25)15-3-1-2-13-8-21-23-17(13)15/h1-8,10-11,16H,9H2,(H,21,23)/t16-/m1/s1. The average Bonchev–Trinajstić information content (AvgIpc) is 3.33. The second kappa shape index (κ2) is 6.97. The summed E-state index contributed by atoms with van der Waals surface area (Å²) in [5, 5.41) is 12.4. The molecule has 0 aliphatic carbocycles. The molecule has 4 aromatic rings. The molecular formula is C18H14ClN5O2. The lowest BCUT2D eigenvalue weighted by Gasteiger charge is -2.18. The molecule has 4 rings (SSSR count). The van der Waals surface area contributed by atoms with Gasteiger partial charge in [-0.15, -0.1) is 0 Å². The van der Waals surface area contributed by atoms with Crippen LogP contribution in [-0.2, 0) is 11.3 Å². The van der Waals surface area contributed by atoms with Crippen molar-refractivity contribution in [2.24, 2.45) is 0 Å². The van der Waals surface area contributed by atoms with Gasteiger partial charge in [0.05, 0.1) is 23.8 Å². The normalized spacial score (nSPS) is 12.2. The van der Waals surface area contributed by atoms with Crippen LogP contribution in [0.4, 0.5) is 0 Å². The summed E-state index contributed by atoms with van der Waals surface area (Å²) in [6.07, 6.45) is 4.14. The first-order valence-electron chi connectivity index (χ1n) is 7.91. The summed E-state index contributed by atoms with van der Waals surface area (Å²) in [4.78, 5) is 16.7. The first kappa shape index (κ1) is 16.3. The van der Waals surface area contributed by atoms with Gasteiger partial charge in [-0.2, -0.15) is 10.2 Å². The van der Waals surface area contributed by atoms with E-state index in [1.54, 1.807) is 41.5 Å². The van der Waals surface area contributed by atoms with E-state index in [-0.39, 0.29) is 0 Å². The summed E-state index contributed by atoms with van der Waals surface area (Å²) in [5.41, 5.74) is 1.89. The first-order valence-corrected chi connectivity index (χ1v) is 8.29. The summed E-state index contributed by atoms with van der Waals surface area (Å²) in [6.45, 7) is 0.340. The summed E-state index contributed by atoms with van der Waals surface area (Å²) in [5.74, 6) is -0.445. The van der Waals surface area contributed by atoms with Gasteiger partial charge in [-0.05, 0) is 23.8 Å². The van der Waals surface area contributed by atoms with E-state index in [9.17, 15) is 4.79 Å². The van der Waals surface area contributed by atoms with Gasteiger partial charge in [-0.1, -0.05) is 35.9 Å². The highest BCUT2D eigenvalue weighted by Gasteiger charge is 2.21. The van der Waals surface area contributed by atoms with Gasteiger partial charge in [0.1, 0.15) is 18.8 Å². The number of nitrogens with one attached hydrogen (secondary N) is 1. The molecule has 0 aliphatic rings. The fourth-order valence-electron chi connectivity index (χ4n) is 2.72. The van der Waals surface area contributed by atoms with Crippen LogP contribution in [0.5, 0.6) is 0 Å². The number of H-pyrrole nitrogens is 1. The molecule has 2 heterocycles. The van der Waals surface area contributed by atoms with Gasteiger partial charge in [-0.3, -0.25) is 5.10 Å². The van der Waals surface area contributed by atoms with Crippen molar-refractivity contribution in [2.45, 2.75) is 12.6 Å². The second-order valence-electron chi connectivity index (χ2n) is 5.70. The van der Waals surface area contributed by atoms with E-state index in [0.717, 1.165) is 10.9 Å². The molecule has 2 aromatic heterocycles. The van der Waals surface area contributed by atoms with Crippen molar-refractivity contribution in [1.29, 1.82) is 0 Å². The Labute approximate surface area is 153 Å². The van der Waals surface area contributed by atoms with Crippen molar-refractivity contribution in [3.8, 4) is 0 Å². The number of aromatic amines is 1. The SMILES string of the molecule is O=C(O[C@H](Cn1cncn1)c1ccc(Cl)cc1)c1cccc2cn[nH]c12. The van der Waals surface area contributed by atoms with Gasteiger partial charge < -0.3 is 4.74 Å². The highest BCUT2D eigenvalue weighted by molar-refractivity contribution is 6.30. The largest absolute Gasteiger partial charge is 0.452 e. The van der Waals surface area contributed by atoms with Crippen LogP contribution in [0.1, 0.15) is 22.0 Å². The van der Waals surface area contributed by atoms with Crippen LogP contribution in [0.15, 0.2) is 61.3 Å². The van der Waals surface area contributed by atoms with Gasteiger partial charge in [0, 0.05) is 10.4 Å². The predicted molar refractivity (Wildman–Crippen MR) is 95.7 cm³/mol. The van der Waals surface area contributed by atoms with E-state index in [4.69, 9.17) is 16.3 Å². The zero-order valence-electron chi connectivity index (χ0n) is 13.5. The molecule has 0 spiro atoms. The number of rotatable bonds is 5. The third-order valence-corrected chi connectivity index (χ3v) is 4.26. The number of aromatic nitrogens is 5. The quantitative estimate of drug-likeness (QED) is 0.546. The molecular weight excluding hydrogens is 354 g/mol. The van der Waals surface area contributed by atoms with Crippen LogP contribution in [-0.4, -0.2) is 30.9 Å². The molecule has 1 N–H and O–H groups in total. The Kier molecular flexibility index (Phi) is 4.37. The maximum Gasteiger partial charge on any atom is 0.341 e. The van der Waals surface area contributed by atoms with Crippen molar-refractivity contribution >= 4 is 28.5 Å². The molecule has 8 heteroatoms. The molecule has 0 saturated carbocycles. The van der Waals surface area contributed by atoms with E-state index in [1.165, 1.54) is 6.33 Å². The van der Waals surface area contributed by atoms with Crippen LogP contribution in [0.3, 0.4) is 0 Å². The lowest BCUT2D eigenvalue weighted by atomic mass is 10.1. The number of ether oxygens (including phenoxy) is 1. The van der Waals surface area contributed by atoms with E-state index in [2.05, 4.69) is 20.3 Å². The average molecular weight is 368 g/mol. The summed E-state index contributed by atoms with van der Waals surface area (Å²) in [6, 6.07) is 12.5. The molecule has 0 radical (unpaired) electrons. The zero-order valence-corrected chi connectivity index (χ0v) is 14.3. The van der Waals surface area contributed by atoms with Gasteiger partial charge in [-0.25, -0.2) is 14.5 Å². The Bertz CT molecular complexity index is 1030. The minimum Gasteiger partial charge on any atom is -0.452 e. The third kappa shape index (κ3) is 3.29. The second-order valence-corrected chi connectivity index (χ2v) is 6.14. The van der Waals surface area contributed by atoms with Crippen molar-refractivity contribution in [3.05, 3.63) is 77.5 Å². The van der Waals surface area contributed by atoms with Gasteiger partial charge in [0.25, 0.3) is 0 Å². The number of para-hydroxylation sites is 1. The molecule has 2 aromatic carbocycles. The number of nitrogens with zero attached hydrogens (tertiary/aromatic N) is 4. The highest BCUT2D eigenvalue weighted by atomic mass is 35.5. The molecule has 1 atom stereocenters. The van der Waals surface area contributed by atoms with Crippen LogP contribution < -0.4 is 0 Å². The fraction of sp³-hybridized carbons (Fsp3) is 0.111. The third-order valence-electron chi connectivity index (χ3n) is 4.01. The summed E-state index contributed by atoms with van der Waals surface area (Å²) >= 11 is 5.97. The Morgan fingerprint density at radius 3 is 2.85 bits per heavy atom. The first-order chi connectivity index (χ1) is 12.7. The number of halogens is 1. The molecule has 0 amide bonds. The van der Waals surface area contributed by atoms with Gasteiger partial charge in [0.15, 0.2) is 0 Å². The van der Waals surface area contributed by atoms with E-state index in [1.807, 2.05) is 18.2 Å². The van der Waals surface area contributed by atoms with Crippen molar-refractivity contribution in [2.75, 3.05) is 0 Å². The molecule has 130 valence electrons. The predicted octanol–water partition coefficient (Wildman–Crippen LogP) is 3.41. The van der Waals surface area contributed by atoms with Crippen LogP contribution >= 0.6 is 11.6 Å². The van der Waals surface area contributed by atoms with E-state index < -0.39 is 12.1 Å². The number of hydrogen-bond donors (Lipinski definition) is 1. The zero-order chi connectivity index (χ0) is 17.9. The van der Waals surface area contributed by atoms with E-state index in [0.29, 0.717) is 22.6 Å². The topological polar surface area (TPSA) is 85.7 Å². The van der Waals surface area contributed by atoms with Gasteiger partial charge in [0.2, 0.25) is 0 Å². The Balaban J connectivity index is 1.64. The highest BCUT2D eigenvalue weighted by Crippen LogP contribution is 2.25. The Morgan fingerprint density at radius 1 is 1.23 bits per heavy atom. The molecule has 26 heavy (non-hydrogen) atoms. The number of esters is 1. The van der Waals surface area contributed by atoms with Crippen molar-refractivity contribution < 1.29 is 9.53 Å². The summed E-state index contributed by atoms with van der Waals surface area (Å²) in [7, 11) is 0. The lowest BCUT2D eigenvalue weighted by Crippen LogP contribution is -2.17. The number of benzene rings is 2. The molecule has 0 bridgehead atoms. The number of fused-ring (bicyclic) bond motifs is 1. The molecule has 0 fully saturated rings. The minimum absolute atomic E-state index is 0.340. The molecule has 0 unspecified atom stereocenters. The fourth-order valence-corrected chi connectivity index (χ4v) is 2.84. The van der Waals surface area contributed by atoms with Crippen LogP contribution in [0.25, 0.3) is 10.9 Å². The number of hydrogen-bond acceptors (Lipinski definition) is 5. The number of carbonyl (C=O) groups excluding carboxylic acids is 1. The molecule has 0 aliphatic heterocycles. The maximum atomic E-state index is 12.8. The maximum absolute atomic E-state index is 12.8. The monoisotopic (exact) mass is 367 g/mol. The van der Waals surface area contributed by atoms with Crippen LogP contribution in [0.2, 0.25) is 5.02 Å². The Morgan fingerprint density at radius 2 is 2.08 bits per heavy atom. The van der Waals surface area contributed by atoms with Crippen LogP contribution in [0, 0.1) is 0 Å². The minimum atomic E-state index is -0.542. The van der Waals surface area contributed by atoms with Gasteiger partial charge >= 0.3 is 5.97 Å².